The first kappa shape index (κ1) is 13.6. The summed E-state index contributed by atoms with van der Waals surface area (Å²) in [6, 6.07) is 19.6. The lowest BCUT2D eigenvalue weighted by Crippen LogP contribution is -2.38. The van der Waals surface area contributed by atoms with Crippen molar-refractivity contribution < 1.29 is 9.53 Å². The largest absolute Gasteiger partial charge is 0.497 e. The standard InChI is InChI=1S/C19H16N2O2/c1-23-15-9-8-12-10-14(7-6-13(12)11-15)18-20-17-5-3-2-4-16(17)19(22)21-18/h2-11,18,20H,1H3,(H,21,22). The Hall–Kier alpha value is -3.01. The van der Waals surface area contributed by atoms with E-state index in [9.17, 15) is 4.79 Å². The van der Waals surface area contributed by atoms with Gasteiger partial charge < -0.3 is 15.4 Å². The van der Waals surface area contributed by atoms with Gasteiger partial charge in [0.2, 0.25) is 0 Å². The van der Waals surface area contributed by atoms with Crippen LogP contribution in [-0.4, -0.2) is 13.0 Å². The van der Waals surface area contributed by atoms with Gasteiger partial charge in [0.1, 0.15) is 11.9 Å². The number of para-hydroxylation sites is 1. The molecule has 23 heavy (non-hydrogen) atoms. The lowest BCUT2D eigenvalue weighted by molar-refractivity contribution is 0.0935. The maximum absolute atomic E-state index is 12.2. The molecule has 4 nitrogen and oxygen atoms in total. The van der Waals surface area contributed by atoms with Crippen LogP contribution in [0.4, 0.5) is 5.69 Å². The summed E-state index contributed by atoms with van der Waals surface area (Å²) in [7, 11) is 1.66. The summed E-state index contributed by atoms with van der Waals surface area (Å²) in [6.07, 6.45) is -0.232. The van der Waals surface area contributed by atoms with Crippen molar-refractivity contribution in [1.29, 1.82) is 0 Å². The summed E-state index contributed by atoms with van der Waals surface area (Å²) in [5.74, 6) is 0.780. The van der Waals surface area contributed by atoms with Gasteiger partial charge in [-0.25, -0.2) is 0 Å². The minimum absolute atomic E-state index is 0.0563. The van der Waals surface area contributed by atoms with Crippen LogP contribution in [0.3, 0.4) is 0 Å². The van der Waals surface area contributed by atoms with E-state index >= 15 is 0 Å². The molecule has 0 saturated carbocycles. The van der Waals surface area contributed by atoms with E-state index < -0.39 is 0 Å². The first-order valence-electron chi connectivity index (χ1n) is 7.49. The summed E-state index contributed by atoms with van der Waals surface area (Å²) in [4.78, 5) is 12.2. The van der Waals surface area contributed by atoms with Gasteiger partial charge in [0.25, 0.3) is 5.91 Å². The first-order chi connectivity index (χ1) is 11.2. The van der Waals surface area contributed by atoms with Gasteiger partial charge in [0.15, 0.2) is 0 Å². The highest BCUT2D eigenvalue weighted by Crippen LogP contribution is 2.29. The first-order valence-corrected chi connectivity index (χ1v) is 7.49. The minimum Gasteiger partial charge on any atom is -0.497 e. The van der Waals surface area contributed by atoms with Crippen molar-refractivity contribution in [3.8, 4) is 5.75 Å². The van der Waals surface area contributed by atoms with Crippen molar-refractivity contribution in [3.05, 3.63) is 71.8 Å². The molecule has 3 aromatic carbocycles. The van der Waals surface area contributed by atoms with Crippen LogP contribution in [0.2, 0.25) is 0 Å². The average molecular weight is 304 g/mol. The number of carbonyl (C=O) groups is 1. The fourth-order valence-corrected chi connectivity index (χ4v) is 2.92. The molecule has 1 heterocycles. The summed E-state index contributed by atoms with van der Waals surface area (Å²) in [5, 5.41) is 8.59. The summed E-state index contributed by atoms with van der Waals surface area (Å²) < 4.78 is 5.25. The monoisotopic (exact) mass is 304 g/mol. The third kappa shape index (κ3) is 2.38. The average Bonchev–Trinajstić information content (AvgIpc) is 2.60. The van der Waals surface area contributed by atoms with Crippen LogP contribution in [0.5, 0.6) is 5.75 Å². The number of nitrogens with one attached hydrogen (secondary N) is 2. The van der Waals surface area contributed by atoms with Crippen molar-refractivity contribution in [2.24, 2.45) is 0 Å². The lowest BCUT2D eigenvalue weighted by Gasteiger charge is -2.28. The van der Waals surface area contributed by atoms with E-state index in [0.717, 1.165) is 27.8 Å². The predicted octanol–water partition coefficient (Wildman–Crippen LogP) is 3.70. The van der Waals surface area contributed by atoms with Gasteiger partial charge in [-0.1, -0.05) is 30.3 Å². The van der Waals surface area contributed by atoms with Gasteiger partial charge in [-0.3, -0.25) is 4.79 Å². The number of hydrogen-bond acceptors (Lipinski definition) is 3. The molecule has 0 bridgehead atoms. The molecule has 0 spiro atoms. The van der Waals surface area contributed by atoms with Gasteiger partial charge in [0, 0.05) is 5.69 Å². The molecular weight excluding hydrogens is 288 g/mol. The Bertz CT molecular complexity index is 905. The van der Waals surface area contributed by atoms with E-state index in [4.69, 9.17) is 4.74 Å². The molecule has 1 unspecified atom stereocenters. The Morgan fingerprint density at radius 2 is 1.70 bits per heavy atom. The maximum atomic E-state index is 12.2. The Morgan fingerprint density at radius 3 is 2.57 bits per heavy atom. The molecule has 4 heteroatoms. The van der Waals surface area contributed by atoms with Gasteiger partial charge in [-0.2, -0.15) is 0 Å². The highest BCUT2D eigenvalue weighted by atomic mass is 16.5. The number of amides is 1. The van der Waals surface area contributed by atoms with Crippen LogP contribution in [0, 0.1) is 0 Å². The molecule has 3 aromatic rings. The maximum Gasteiger partial charge on any atom is 0.255 e. The van der Waals surface area contributed by atoms with Crippen LogP contribution < -0.4 is 15.4 Å². The molecule has 2 N–H and O–H groups in total. The van der Waals surface area contributed by atoms with Gasteiger partial charge in [0.05, 0.1) is 12.7 Å². The van der Waals surface area contributed by atoms with E-state index in [2.05, 4.69) is 16.7 Å². The van der Waals surface area contributed by atoms with E-state index in [-0.39, 0.29) is 12.1 Å². The van der Waals surface area contributed by atoms with Crippen LogP contribution in [-0.2, 0) is 0 Å². The van der Waals surface area contributed by atoms with Crippen LogP contribution in [0.15, 0.2) is 60.7 Å². The summed E-state index contributed by atoms with van der Waals surface area (Å²) in [5.41, 5.74) is 2.55. The third-order valence-electron chi connectivity index (χ3n) is 4.15. The van der Waals surface area contributed by atoms with E-state index in [0.29, 0.717) is 5.56 Å². The zero-order chi connectivity index (χ0) is 15.8. The Kier molecular flexibility index (Phi) is 3.15. The Morgan fingerprint density at radius 1 is 0.913 bits per heavy atom. The molecule has 1 amide bonds. The highest BCUT2D eigenvalue weighted by Gasteiger charge is 2.24. The number of hydrogen-bond donors (Lipinski definition) is 2. The Balaban J connectivity index is 1.71. The number of ether oxygens (including phenoxy) is 1. The number of benzene rings is 3. The molecule has 0 saturated heterocycles. The number of carbonyl (C=O) groups excluding carboxylic acids is 1. The normalized spacial score (nSPS) is 16.4. The lowest BCUT2D eigenvalue weighted by atomic mass is 10.0. The molecular formula is C19H16N2O2. The van der Waals surface area contributed by atoms with E-state index in [1.54, 1.807) is 7.11 Å². The zero-order valence-electron chi connectivity index (χ0n) is 12.7. The number of methoxy groups -OCH3 is 1. The molecule has 114 valence electrons. The number of anilines is 1. The second kappa shape index (κ2) is 5.32. The third-order valence-corrected chi connectivity index (χ3v) is 4.15. The fourth-order valence-electron chi connectivity index (χ4n) is 2.92. The predicted molar refractivity (Wildman–Crippen MR) is 90.8 cm³/mol. The second-order valence-electron chi connectivity index (χ2n) is 5.57. The van der Waals surface area contributed by atoms with Gasteiger partial charge >= 0.3 is 0 Å². The minimum atomic E-state index is -0.232. The number of rotatable bonds is 2. The van der Waals surface area contributed by atoms with Crippen molar-refractivity contribution >= 4 is 22.4 Å². The fraction of sp³-hybridized carbons (Fsp3) is 0.105. The molecule has 1 atom stereocenters. The van der Waals surface area contributed by atoms with Crippen LogP contribution in [0.1, 0.15) is 22.1 Å². The van der Waals surface area contributed by atoms with E-state index in [1.807, 2.05) is 54.6 Å². The van der Waals surface area contributed by atoms with Crippen molar-refractivity contribution in [1.82, 2.24) is 5.32 Å². The zero-order valence-corrected chi connectivity index (χ0v) is 12.7. The number of fused-ring (bicyclic) bond motifs is 2. The topological polar surface area (TPSA) is 50.4 Å². The molecule has 1 aliphatic heterocycles. The quantitative estimate of drug-likeness (QED) is 0.759. The van der Waals surface area contributed by atoms with Crippen molar-refractivity contribution in [2.75, 3.05) is 12.4 Å². The summed E-state index contributed by atoms with van der Waals surface area (Å²) >= 11 is 0. The van der Waals surface area contributed by atoms with Crippen LogP contribution in [0.25, 0.3) is 10.8 Å². The highest BCUT2D eigenvalue weighted by molar-refractivity contribution is 6.01. The summed E-state index contributed by atoms with van der Waals surface area (Å²) in [6.45, 7) is 0. The smallest absolute Gasteiger partial charge is 0.255 e. The molecule has 0 fully saturated rings. The van der Waals surface area contributed by atoms with Crippen molar-refractivity contribution in [2.45, 2.75) is 6.17 Å². The van der Waals surface area contributed by atoms with E-state index in [1.165, 1.54) is 0 Å². The molecule has 4 rings (SSSR count). The van der Waals surface area contributed by atoms with Crippen molar-refractivity contribution in [3.63, 3.8) is 0 Å². The molecule has 0 aromatic heterocycles. The van der Waals surface area contributed by atoms with Crippen LogP contribution >= 0.6 is 0 Å². The Labute approximate surface area is 134 Å². The van der Waals surface area contributed by atoms with Gasteiger partial charge in [-0.15, -0.1) is 0 Å². The molecule has 0 radical (unpaired) electrons. The molecule has 0 aliphatic carbocycles. The SMILES string of the molecule is COc1ccc2cc(C3NC(=O)c4ccccc4N3)ccc2c1. The molecule has 1 aliphatic rings. The second-order valence-corrected chi connectivity index (χ2v) is 5.57. The van der Waals surface area contributed by atoms with Gasteiger partial charge in [-0.05, 0) is 46.7 Å².